The van der Waals surface area contributed by atoms with Gasteiger partial charge in [0.15, 0.2) is 11.5 Å². The highest BCUT2D eigenvalue weighted by Gasteiger charge is 2.13. The van der Waals surface area contributed by atoms with E-state index in [1.54, 1.807) is 6.20 Å². The van der Waals surface area contributed by atoms with Gasteiger partial charge in [0.2, 0.25) is 0 Å². The van der Waals surface area contributed by atoms with Gasteiger partial charge in [0.05, 0.1) is 11.9 Å². The first kappa shape index (κ1) is 15.2. The lowest BCUT2D eigenvalue weighted by atomic mass is 10.1. The van der Waals surface area contributed by atoms with Crippen LogP contribution >= 0.6 is 0 Å². The number of aromatic nitrogens is 3. The summed E-state index contributed by atoms with van der Waals surface area (Å²) in [5.41, 5.74) is 5.12. The van der Waals surface area contributed by atoms with Crippen molar-refractivity contribution in [2.45, 2.75) is 0 Å². The van der Waals surface area contributed by atoms with Crippen LogP contribution in [0.15, 0.2) is 73.2 Å². The van der Waals surface area contributed by atoms with Gasteiger partial charge in [-0.3, -0.25) is 4.40 Å². The summed E-state index contributed by atoms with van der Waals surface area (Å²) in [6.45, 7) is 0. The van der Waals surface area contributed by atoms with E-state index in [0.717, 1.165) is 34.1 Å². The van der Waals surface area contributed by atoms with Crippen molar-refractivity contribution in [3.63, 3.8) is 0 Å². The van der Waals surface area contributed by atoms with Crippen LogP contribution in [-0.2, 0) is 0 Å². The lowest BCUT2D eigenvalue weighted by Crippen LogP contribution is -2.10. The Labute approximate surface area is 146 Å². The van der Waals surface area contributed by atoms with Crippen molar-refractivity contribution in [1.82, 2.24) is 14.4 Å². The van der Waals surface area contributed by atoms with Gasteiger partial charge in [0, 0.05) is 43.4 Å². The molecular formula is C20H19N5. The molecule has 4 aromatic rings. The third-order valence-corrected chi connectivity index (χ3v) is 4.13. The molecule has 0 atom stereocenters. The second-order valence-corrected chi connectivity index (χ2v) is 6.02. The molecule has 25 heavy (non-hydrogen) atoms. The van der Waals surface area contributed by atoms with Crippen molar-refractivity contribution in [3.8, 4) is 11.3 Å². The Morgan fingerprint density at radius 1 is 0.920 bits per heavy atom. The van der Waals surface area contributed by atoms with Crippen LogP contribution in [0.25, 0.3) is 16.9 Å². The van der Waals surface area contributed by atoms with Crippen LogP contribution in [0.3, 0.4) is 0 Å². The second-order valence-electron chi connectivity index (χ2n) is 6.02. The molecule has 124 valence electrons. The van der Waals surface area contributed by atoms with E-state index in [0.29, 0.717) is 0 Å². The van der Waals surface area contributed by atoms with Crippen LogP contribution in [0, 0.1) is 0 Å². The zero-order valence-corrected chi connectivity index (χ0v) is 14.2. The fourth-order valence-electron chi connectivity index (χ4n) is 2.95. The number of nitrogens with one attached hydrogen (secondary N) is 1. The largest absolute Gasteiger partial charge is 0.377 e. The molecule has 0 aliphatic heterocycles. The maximum Gasteiger partial charge on any atom is 0.180 e. The van der Waals surface area contributed by atoms with Crippen molar-refractivity contribution in [2.24, 2.45) is 0 Å². The van der Waals surface area contributed by atoms with Gasteiger partial charge in [0.25, 0.3) is 0 Å². The first-order chi connectivity index (χ1) is 12.2. The maximum absolute atomic E-state index is 4.61. The van der Waals surface area contributed by atoms with Crippen molar-refractivity contribution in [1.29, 1.82) is 0 Å². The Kier molecular flexibility index (Phi) is 3.82. The Balaban J connectivity index is 1.83. The second kappa shape index (κ2) is 6.28. The molecule has 2 aromatic carbocycles. The van der Waals surface area contributed by atoms with E-state index in [9.17, 15) is 0 Å². The summed E-state index contributed by atoms with van der Waals surface area (Å²) >= 11 is 0. The number of benzene rings is 2. The average Bonchev–Trinajstić information content (AvgIpc) is 3.07. The number of imidazole rings is 1. The van der Waals surface area contributed by atoms with E-state index in [2.05, 4.69) is 36.7 Å². The third-order valence-electron chi connectivity index (χ3n) is 4.13. The molecule has 0 fully saturated rings. The average molecular weight is 329 g/mol. The Bertz CT molecular complexity index is 1000. The van der Waals surface area contributed by atoms with Gasteiger partial charge in [-0.1, -0.05) is 36.4 Å². The van der Waals surface area contributed by atoms with Crippen LogP contribution < -0.4 is 10.2 Å². The van der Waals surface area contributed by atoms with Crippen LogP contribution in [0.2, 0.25) is 0 Å². The van der Waals surface area contributed by atoms with Gasteiger partial charge in [-0.05, 0) is 18.2 Å². The van der Waals surface area contributed by atoms with Gasteiger partial charge in [-0.15, -0.1) is 0 Å². The van der Waals surface area contributed by atoms with E-state index < -0.39 is 0 Å². The SMILES string of the molecule is CN(C)c1ccccc1-c1cnc2c(Nc3ccccc3)nccn12. The fraction of sp³-hybridized carbons (Fsp3) is 0.100. The summed E-state index contributed by atoms with van der Waals surface area (Å²) in [5, 5.41) is 3.34. The minimum absolute atomic E-state index is 0.738. The van der Waals surface area contributed by atoms with Crippen molar-refractivity contribution < 1.29 is 0 Å². The summed E-state index contributed by atoms with van der Waals surface area (Å²) < 4.78 is 2.07. The lowest BCUT2D eigenvalue weighted by Gasteiger charge is -2.17. The van der Waals surface area contributed by atoms with E-state index in [-0.39, 0.29) is 0 Å². The molecule has 0 aliphatic rings. The van der Waals surface area contributed by atoms with Crippen LogP contribution in [0.1, 0.15) is 0 Å². The standard InChI is InChI=1S/C20H19N5/c1-24(2)17-11-7-6-10-16(17)18-14-22-20-19(21-12-13-25(18)20)23-15-8-4-3-5-9-15/h3-14H,1-2H3,(H,21,23). The molecule has 1 N–H and O–H groups in total. The van der Waals surface area contributed by atoms with Crippen LogP contribution in [0.5, 0.6) is 0 Å². The molecular weight excluding hydrogens is 310 g/mol. The summed E-state index contributed by atoms with van der Waals surface area (Å²) in [6.07, 6.45) is 5.64. The molecule has 5 nitrogen and oxygen atoms in total. The van der Waals surface area contributed by atoms with E-state index in [1.807, 2.05) is 69.0 Å². The summed E-state index contributed by atoms with van der Waals surface area (Å²) in [6, 6.07) is 18.3. The van der Waals surface area contributed by atoms with Crippen molar-refractivity contribution in [3.05, 3.63) is 73.2 Å². The quantitative estimate of drug-likeness (QED) is 0.609. The Morgan fingerprint density at radius 2 is 1.68 bits per heavy atom. The highest BCUT2D eigenvalue weighted by atomic mass is 15.1. The normalized spacial score (nSPS) is 10.8. The topological polar surface area (TPSA) is 45.5 Å². The number of para-hydroxylation sites is 2. The van der Waals surface area contributed by atoms with E-state index in [4.69, 9.17) is 0 Å². The summed E-state index contributed by atoms with van der Waals surface area (Å²) in [7, 11) is 4.10. The Morgan fingerprint density at radius 3 is 2.48 bits per heavy atom. The molecule has 0 radical (unpaired) electrons. The summed E-state index contributed by atoms with van der Waals surface area (Å²) in [4.78, 5) is 11.2. The minimum Gasteiger partial charge on any atom is -0.377 e. The zero-order chi connectivity index (χ0) is 17.2. The molecule has 0 spiro atoms. The highest BCUT2D eigenvalue weighted by molar-refractivity contribution is 5.80. The molecule has 0 unspecified atom stereocenters. The van der Waals surface area contributed by atoms with Crippen LogP contribution in [0.4, 0.5) is 17.2 Å². The minimum atomic E-state index is 0.738. The number of hydrogen-bond acceptors (Lipinski definition) is 4. The molecule has 0 aliphatic carbocycles. The predicted octanol–water partition coefficient (Wildman–Crippen LogP) is 4.21. The van der Waals surface area contributed by atoms with E-state index >= 15 is 0 Å². The molecule has 2 heterocycles. The molecule has 0 saturated heterocycles. The third kappa shape index (κ3) is 2.80. The fourth-order valence-corrected chi connectivity index (χ4v) is 2.95. The van der Waals surface area contributed by atoms with Crippen molar-refractivity contribution >= 4 is 22.8 Å². The zero-order valence-electron chi connectivity index (χ0n) is 14.2. The van der Waals surface area contributed by atoms with Gasteiger partial charge in [-0.2, -0.15) is 0 Å². The smallest absolute Gasteiger partial charge is 0.180 e. The molecule has 0 bridgehead atoms. The first-order valence-corrected chi connectivity index (χ1v) is 8.15. The molecule has 4 rings (SSSR count). The van der Waals surface area contributed by atoms with Gasteiger partial charge in [-0.25, -0.2) is 9.97 Å². The highest BCUT2D eigenvalue weighted by Crippen LogP contribution is 2.31. The number of anilines is 3. The monoisotopic (exact) mass is 329 g/mol. The number of hydrogen-bond donors (Lipinski definition) is 1. The number of rotatable bonds is 4. The van der Waals surface area contributed by atoms with Gasteiger partial charge >= 0.3 is 0 Å². The molecule has 0 amide bonds. The lowest BCUT2D eigenvalue weighted by molar-refractivity contribution is 1.11. The summed E-state index contributed by atoms with van der Waals surface area (Å²) in [5.74, 6) is 0.738. The van der Waals surface area contributed by atoms with E-state index in [1.165, 1.54) is 0 Å². The molecule has 0 saturated carbocycles. The molecule has 5 heteroatoms. The number of nitrogens with zero attached hydrogens (tertiary/aromatic N) is 4. The van der Waals surface area contributed by atoms with Crippen LogP contribution in [-0.4, -0.2) is 28.5 Å². The van der Waals surface area contributed by atoms with Gasteiger partial charge in [0.1, 0.15) is 0 Å². The maximum atomic E-state index is 4.61. The molecule has 2 aromatic heterocycles. The first-order valence-electron chi connectivity index (χ1n) is 8.15. The van der Waals surface area contributed by atoms with Crippen molar-refractivity contribution in [2.75, 3.05) is 24.3 Å². The van der Waals surface area contributed by atoms with Gasteiger partial charge < -0.3 is 10.2 Å². The number of fused-ring (bicyclic) bond motifs is 1. The predicted molar refractivity (Wildman–Crippen MR) is 102 cm³/mol. The Hall–Kier alpha value is -3.34.